The summed E-state index contributed by atoms with van der Waals surface area (Å²) in [6.07, 6.45) is 2.57. The van der Waals surface area contributed by atoms with Gasteiger partial charge in [0.15, 0.2) is 17.6 Å². The van der Waals surface area contributed by atoms with E-state index in [2.05, 4.69) is 20.6 Å². The third-order valence-electron chi connectivity index (χ3n) is 3.14. The molecule has 6 heteroatoms. The molecule has 1 unspecified atom stereocenters. The predicted octanol–water partition coefficient (Wildman–Crippen LogP) is 0.984. The van der Waals surface area contributed by atoms with Crippen LogP contribution in [0.5, 0.6) is 0 Å². The maximum Gasteiger partial charge on any atom is 0.191 e. The second-order valence-corrected chi connectivity index (χ2v) is 4.49. The highest BCUT2D eigenvalue weighted by Gasteiger charge is 2.25. The number of hydrogen-bond donors (Lipinski definition) is 2. The molecule has 0 aromatic carbocycles. The van der Waals surface area contributed by atoms with Crippen molar-refractivity contribution in [2.24, 2.45) is 4.99 Å². The first-order valence-corrected chi connectivity index (χ1v) is 6.57. The Morgan fingerprint density at radius 3 is 3.16 bits per heavy atom. The first-order chi connectivity index (χ1) is 9.24. The van der Waals surface area contributed by atoms with Crippen LogP contribution >= 0.6 is 0 Å². The van der Waals surface area contributed by atoms with Crippen LogP contribution in [0.4, 0.5) is 10.2 Å². The van der Waals surface area contributed by atoms with Crippen molar-refractivity contribution in [3.8, 4) is 0 Å². The topological polar surface area (TPSA) is 52.6 Å². The van der Waals surface area contributed by atoms with Gasteiger partial charge in [0.05, 0.1) is 0 Å². The van der Waals surface area contributed by atoms with Gasteiger partial charge in [0, 0.05) is 38.9 Å². The van der Waals surface area contributed by atoms with Crippen molar-refractivity contribution in [2.45, 2.75) is 19.4 Å². The van der Waals surface area contributed by atoms with Gasteiger partial charge in [0.2, 0.25) is 0 Å². The monoisotopic (exact) mass is 265 g/mol. The normalized spacial score (nSPS) is 19.6. The fourth-order valence-electron chi connectivity index (χ4n) is 2.24. The van der Waals surface area contributed by atoms with E-state index in [0.29, 0.717) is 5.82 Å². The fraction of sp³-hybridized carbons (Fsp3) is 0.538. The SMILES string of the molecule is CCNC(=NC)NC1CCN(c2ncccc2F)C1. The van der Waals surface area contributed by atoms with Gasteiger partial charge in [-0.3, -0.25) is 4.99 Å². The molecule has 1 fully saturated rings. The molecule has 1 aromatic heterocycles. The van der Waals surface area contributed by atoms with Crippen LogP contribution in [0.3, 0.4) is 0 Å². The quantitative estimate of drug-likeness (QED) is 0.632. The van der Waals surface area contributed by atoms with E-state index in [1.807, 2.05) is 11.8 Å². The number of anilines is 1. The zero-order valence-electron chi connectivity index (χ0n) is 11.4. The van der Waals surface area contributed by atoms with Crippen LogP contribution in [0.1, 0.15) is 13.3 Å². The molecule has 19 heavy (non-hydrogen) atoms. The standard InChI is InChI=1S/C13H20FN5/c1-3-16-13(15-2)18-10-6-8-19(9-10)12-11(14)5-4-7-17-12/h4-5,7,10H,3,6,8-9H2,1-2H3,(H2,15,16,18). The molecule has 1 aromatic rings. The Kier molecular flexibility index (Phi) is 4.54. The molecular weight excluding hydrogens is 245 g/mol. The first-order valence-electron chi connectivity index (χ1n) is 6.57. The van der Waals surface area contributed by atoms with Crippen molar-refractivity contribution in [1.29, 1.82) is 0 Å². The van der Waals surface area contributed by atoms with Gasteiger partial charge >= 0.3 is 0 Å². The second-order valence-electron chi connectivity index (χ2n) is 4.49. The Hall–Kier alpha value is -1.85. The van der Waals surface area contributed by atoms with Crippen molar-refractivity contribution in [3.05, 3.63) is 24.1 Å². The van der Waals surface area contributed by atoms with Gasteiger partial charge in [0.25, 0.3) is 0 Å². The highest BCUT2D eigenvalue weighted by Crippen LogP contribution is 2.20. The van der Waals surface area contributed by atoms with Crippen LogP contribution in [0.2, 0.25) is 0 Å². The third-order valence-corrected chi connectivity index (χ3v) is 3.14. The number of pyridine rings is 1. The average molecular weight is 265 g/mol. The molecule has 2 rings (SSSR count). The number of hydrogen-bond acceptors (Lipinski definition) is 3. The van der Waals surface area contributed by atoms with Crippen LogP contribution in [0, 0.1) is 5.82 Å². The summed E-state index contributed by atoms with van der Waals surface area (Å²) >= 11 is 0. The van der Waals surface area contributed by atoms with Crippen molar-refractivity contribution in [2.75, 3.05) is 31.6 Å². The Bertz CT molecular complexity index is 448. The van der Waals surface area contributed by atoms with E-state index in [1.165, 1.54) is 6.07 Å². The van der Waals surface area contributed by atoms with Crippen molar-refractivity contribution in [1.82, 2.24) is 15.6 Å². The number of aromatic nitrogens is 1. The summed E-state index contributed by atoms with van der Waals surface area (Å²) in [5.74, 6) is 0.959. The summed E-state index contributed by atoms with van der Waals surface area (Å²) in [4.78, 5) is 10.2. The van der Waals surface area contributed by atoms with E-state index in [1.54, 1.807) is 19.3 Å². The molecule has 2 heterocycles. The Balaban J connectivity index is 1.95. The molecule has 0 bridgehead atoms. The molecule has 0 spiro atoms. The molecule has 0 radical (unpaired) electrons. The molecule has 1 saturated heterocycles. The minimum Gasteiger partial charge on any atom is -0.357 e. The van der Waals surface area contributed by atoms with Crippen molar-refractivity contribution >= 4 is 11.8 Å². The van der Waals surface area contributed by atoms with Gasteiger partial charge in [-0.25, -0.2) is 9.37 Å². The summed E-state index contributed by atoms with van der Waals surface area (Å²) in [6.45, 7) is 4.38. The zero-order chi connectivity index (χ0) is 13.7. The van der Waals surface area contributed by atoms with Gasteiger partial charge in [-0.05, 0) is 25.5 Å². The lowest BCUT2D eigenvalue weighted by molar-refractivity contribution is 0.612. The van der Waals surface area contributed by atoms with Crippen molar-refractivity contribution < 1.29 is 4.39 Å². The van der Waals surface area contributed by atoms with Crippen LogP contribution in [0.15, 0.2) is 23.3 Å². The molecule has 0 saturated carbocycles. The van der Waals surface area contributed by atoms with E-state index in [9.17, 15) is 4.39 Å². The number of nitrogens with zero attached hydrogens (tertiary/aromatic N) is 3. The van der Waals surface area contributed by atoms with E-state index < -0.39 is 0 Å². The van der Waals surface area contributed by atoms with Gasteiger partial charge in [-0.2, -0.15) is 0 Å². The maximum absolute atomic E-state index is 13.7. The predicted molar refractivity (Wildman–Crippen MR) is 75.0 cm³/mol. The largest absolute Gasteiger partial charge is 0.357 e. The van der Waals surface area contributed by atoms with Crippen LogP contribution in [-0.4, -0.2) is 43.7 Å². The summed E-state index contributed by atoms with van der Waals surface area (Å²) in [5.41, 5.74) is 0. The van der Waals surface area contributed by atoms with E-state index >= 15 is 0 Å². The first kappa shape index (κ1) is 13.6. The molecule has 1 atom stereocenters. The van der Waals surface area contributed by atoms with Crippen molar-refractivity contribution in [3.63, 3.8) is 0 Å². The lowest BCUT2D eigenvalue weighted by Gasteiger charge is -2.19. The number of guanidine groups is 1. The molecule has 0 aliphatic carbocycles. The maximum atomic E-state index is 13.7. The molecule has 2 N–H and O–H groups in total. The molecule has 0 amide bonds. The van der Waals surface area contributed by atoms with Crippen LogP contribution in [-0.2, 0) is 0 Å². The summed E-state index contributed by atoms with van der Waals surface area (Å²) in [5, 5.41) is 6.49. The number of rotatable bonds is 3. The number of aliphatic imine (C=N–C) groups is 1. The van der Waals surface area contributed by atoms with Gasteiger partial charge in [0.1, 0.15) is 0 Å². The molecular formula is C13H20FN5. The average Bonchev–Trinajstić information content (AvgIpc) is 2.87. The van der Waals surface area contributed by atoms with Gasteiger partial charge in [-0.1, -0.05) is 0 Å². The Morgan fingerprint density at radius 2 is 2.47 bits per heavy atom. The zero-order valence-corrected chi connectivity index (χ0v) is 11.4. The minimum atomic E-state index is -0.265. The third kappa shape index (κ3) is 3.33. The van der Waals surface area contributed by atoms with E-state index in [0.717, 1.165) is 32.0 Å². The van der Waals surface area contributed by atoms with E-state index in [4.69, 9.17) is 0 Å². The summed E-state index contributed by atoms with van der Waals surface area (Å²) in [6, 6.07) is 3.32. The Labute approximate surface area is 112 Å². The molecule has 1 aliphatic heterocycles. The highest BCUT2D eigenvalue weighted by molar-refractivity contribution is 5.80. The van der Waals surface area contributed by atoms with Crippen LogP contribution in [0.25, 0.3) is 0 Å². The minimum absolute atomic E-state index is 0.263. The lowest BCUT2D eigenvalue weighted by Crippen LogP contribution is -2.44. The smallest absolute Gasteiger partial charge is 0.191 e. The molecule has 1 aliphatic rings. The number of halogens is 1. The molecule has 104 valence electrons. The highest BCUT2D eigenvalue weighted by atomic mass is 19.1. The summed E-state index contributed by atoms with van der Waals surface area (Å²) < 4.78 is 13.7. The fourth-order valence-corrected chi connectivity index (χ4v) is 2.24. The van der Waals surface area contributed by atoms with Gasteiger partial charge in [-0.15, -0.1) is 0 Å². The Morgan fingerprint density at radius 1 is 1.63 bits per heavy atom. The van der Waals surface area contributed by atoms with E-state index in [-0.39, 0.29) is 11.9 Å². The molecule has 5 nitrogen and oxygen atoms in total. The second kappa shape index (κ2) is 6.36. The summed E-state index contributed by atoms with van der Waals surface area (Å²) in [7, 11) is 1.75. The lowest BCUT2D eigenvalue weighted by atomic mass is 10.3. The van der Waals surface area contributed by atoms with Crippen LogP contribution < -0.4 is 15.5 Å². The van der Waals surface area contributed by atoms with Gasteiger partial charge < -0.3 is 15.5 Å². The number of nitrogens with one attached hydrogen (secondary N) is 2.